The molecule has 0 spiro atoms. The number of nitrogens with one attached hydrogen (secondary N) is 2. The van der Waals surface area contributed by atoms with Crippen molar-refractivity contribution in [3.8, 4) is 12.3 Å². The predicted octanol–water partition coefficient (Wildman–Crippen LogP) is 0.124. The van der Waals surface area contributed by atoms with Gasteiger partial charge < -0.3 is 10.6 Å². The summed E-state index contributed by atoms with van der Waals surface area (Å²) in [5.74, 6) is 1.77. The van der Waals surface area contributed by atoms with Crippen LogP contribution in [-0.2, 0) is 4.79 Å². The fraction of sp³-hybridized carbons (Fsp3) is 0.700. The fourth-order valence-electron chi connectivity index (χ4n) is 1.64. The molecular formula is C10H16N2O. The second kappa shape index (κ2) is 3.80. The summed E-state index contributed by atoms with van der Waals surface area (Å²) in [5.41, 5.74) is 0.0881. The average molecular weight is 180 g/mol. The first-order valence-corrected chi connectivity index (χ1v) is 4.54. The van der Waals surface area contributed by atoms with Crippen LogP contribution in [0.2, 0.25) is 0 Å². The molecule has 1 atom stereocenters. The first-order chi connectivity index (χ1) is 6.06. The molecule has 13 heavy (non-hydrogen) atoms. The van der Waals surface area contributed by atoms with Gasteiger partial charge in [-0.15, -0.1) is 6.42 Å². The van der Waals surface area contributed by atoms with Crippen molar-refractivity contribution in [2.75, 3.05) is 13.1 Å². The van der Waals surface area contributed by atoms with Crippen LogP contribution in [0.4, 0.5) is 0 Å². The van der Waals surface area contributed by atoms with Gasteiger partial charge >= 0.3 is 0 Å². The number of piperidine rings is 1. The van der Waals surface area contributed by atoms with E-state index < -0.39 is 0 Å². The molecule has 0 aromatic heterocycles. The number of terminal acetylenes is 1. The summed E-state index contributed by atoms with van der Waals surface area (Å²) in [6.45, 7) is 6.11. The lowest BCUT2D eigenvalue weighted by Crippen LogP contribution is -2.54. The van der Waals surface area contributed by atoms with E-state index >= 15 is 0 Å². The highest BCUT2D eigenvalue weighted by atomic mass is 16.1. The van der Waals surface area contributed by atoms with Gasteiger partial charge in [-0.1, -0.05) is 13.8 Å². The Morgan fingerprint density at radius 2 is 2.38 bits per heavy atom. The summed E-state index contributed by atoms with van der Waals surface area (Å²) in [7, 11) is 0. The molecule has 0 aliphatic carbocycles. The van der Waals surface area contributed by atoms with Crippen LogP contribution in [0.1, 0.15) is 20.3 Å². The lowest BCUT2D eigenvalue weighted by molar-refractivity contribution is -0.117. The van der Waals surface area contributed by atoms with E-state index in [-0.39, 0.29) is 17.4 Å². The summed E-state index contributed by atoms with van der Waals surface area (Å²) < 4.78 is 0. The Labute approximate surface area is 79.3 Å². The summed E-state index contributed by atoms with van der Waals surface area (Å²) >= 11 is 0. The molecule has 1 aliphatic rings. The zero-order valence-corrected chi connectivity index (χ0v) is 8.18. The van der Waals surface area contributed by atoms with Crippen LogP contribution in [0.3, 0.4) is 0 Å². The van der Waals surface area contributed by atoms with Crippen molar-refractivity contribution in [2.24, 2.45) is 5.41 Å². The zero-order chi connectivity index (χ0) is 9.90. The summed E-state index contributed by atoms with van der Waals surface area (Å²) in [5, 5.41) is 6.14. The second-order valence-corrected chi connectivity index (χ2v) is 4.12. The monoisotopic (exact) mass is 180 g/mol. The largest absolute Gasteiger partial charge is 0.342 e. The van der Waals surface area contributed by atoms with Gasteiger partial charge in [0.2, 0.25) is 0 Å². The number of hydrogen-bond acceptors (Lipinski definition) is 2. The van der Waals surface area contributed by atoms with Crippen molar-refractivity contribution in [3.63, 3.8) is 0 Å². The van der Waals surface area contributed by atoms with Crippen molar-refractivity contribution in [1.82, 2.24) is 10.6 Å². The van der Waals surface area contributed by atoms with Gasteiger partial charge in [0.15, 0.2) is 0 Å². The maximum Gasteiger partial charge on any atom is 0.295 e. The molecule has 1 fully saturated rings. The van der Waals surface area contributed by atoms with Crippen LogP contribution in [0.15, 0.2) is 0 Å². The molecule has 0 aromatic carbocycles. The smallest absolute Gasteiger partial charge is 0.295 e. The second-order valence-electron chi connectivity index (χ2n) is 4.12. The average Bonchev–Trinajstić information content (AvgIpc) is 2.08. The van der Waals surface area contributed by atoms with Gasteiger partial charge in [0.05, 0.1) is 0 Å². The van der Waals surface area contributed by atoms with Crippen LogP contribution < -0.4 is 10.6 Å². The van der Waals surface area contributed by atoms with Crippen LogP contribution >= 0.6 is 0 Å². The maximum absolute atomic E-state index is 11.0. The van der Waals surface area contributed by atoms with E-state index in [1.54, 1.807) is 0 Å². The van der Waals surface area contributed by atoms with Crippen LogP contribution in [0, 0.1) is 17.8 Å². The molecule has 3 nitrogen and oxygen atoms in total. The Kier molecular flexibility index (Phi) is 2.94. The first-order valence-electron chi connectivity index (χ1n) is 4.54. The fourth-order valence-corrected chi connectivity index (χ4v) is 1.64. The number of amides is 1. The molecule has 72 valence electrons. The lowest BCUT2D eigenvalue weighted by atomic mass is 9.80. The highest BCUT2D eigenvalue weighted by Crippen LogP contribution is 2.24. The highest BCUT2D eigenvalue weighted by Gasteiger charge is 2.32. The predicted molar refractivity (Wildman–Crippen MR) is 52.0 cm³/mol. The van der Waals surface area contributed by atoms with E-state index in [1.807, 2.05) is 0 Å². The molecule has 1 aliphatic heterocycles. The highest BCUT2D eigenvalue weighted by molar-refractivity contribution is 5.93. The van der Waals surface area contributed by atoms with Crippen molar-refractivity contribution in [2.45, 2.75) is 26.3 Å². The first kappa shape index (κ1) is 10.1. The van der Waals surface area contributed by atoms with E-state index in [1.165, 1.54) is 0 Å². The molecule has 0 aromatic rings. The van der Waals surface area contributed by atoms with E-state index in [0.29, 0.717) is 0 Å². The Bertz CT molecular complexity index is 240. The summed E-state index contributed by atoms with van der Waals surface area (Å²) in [6, 6.07) is 0.192. The van der Waals surface area contributed by atoms with E-state index in [9.17, 15) is 4.79 Å². The van der Waals surface area contributed by atoms with E-state index in [4.69, 9.17) is 6.42 Å². The molecule has 0 saturated carbocycles. The van der Waals surface area contributed by atoms with Crippen molar-refractivity contribution >= 4 is 5.91 Å². The third-order valence-corrected chi connectivity index (χ3v) is 2.57. The van der Waals surface area contributed by atoms with Gasteiger partial charge in [-0.2, -0.15) is 0 Å². The number of rotatable bonds is 1. The van der Waals surface area contributed by atoms with Gasteiger partial charge in [0.25, 0.3) is 5.91 Å². The van der Waals surface area contributed by atoms with Crippen molar-refractivity contribution in [1.29, 1.82) is 0 Å². The molecule has 0 bridgehead atoms. The SMILES string of the molecule is C#CC(=O)NC1CCNCC1(C)C. The molecule has 1 heterocycles. The Morgan fingerprint density at radius 1 is 1.69 bits per heavy atom. The molecule has 1 saturated heterocycles. The lowest BCUT2D eigenvalue weighted by Gasteiger charge is -2.38. The summed E-state index contributed by atoms with van der Waals surface area (Å²) in [6.07, 6.45) is 5.94. The Balaban J connectivity index is 2.57. The normalized spacial score (nSPS) is 26.1. The van der Waals surface area contributed by atoms with Gasteiger partial charge in [-0.3, -0.25) is 4.79 Å². The van der Waals surface area contributed by atoms with Crippen LogP contribution in [-0.4, -0.2) is 25.0 Å². The maximum atomic E-state index is 11.0. The van der Waals surface area contributed by atoms with Gasteiger partial charge in [0, 0.05) is 12.6 Å². The Morgan fingerprint density at radius 3 is 2.92 bits per heavy atom. The minimum absolute atomic E-state index is 0.0881. The zero-order valence-electron chi connectivity index (χ0n) is 8.18. The Hall–Kier alpha value is -1.01. The quantitative estimate of drug-likeness (QED) is 0.563. The third-order valence-electron chi connectivity index (χ3n) is 2.57. The van der Waals surface area contributed by atoms with Crippen molar-refractivity contribution in [3.05, 3.63) is 0 Å². The molecule has 1 rings (SSSR count). The molecule has 1 unspecified atom stereocenters. The van der Waals surface area contributed by atoms with E-state index in [0.717, 1.165) is 19.5 Å². The topological polar surface area (TPSA) is 41.1 Å². The molecule has 3 heteroatoms. The molecule has 1 amide bonds. The van der Waals surface area contributed by atoms with Crippen molar-refractivity contribution < 1.29 is 4.79 Å². The van der Waals surface area contributed by atoms with Crippen LogP contribution in [0.25, 0.3) is 0 Å². The number of carbonyl (C=O) groups is 1. The molecular weight excluding hydrogens is 164 g/mol. The number of hydrogen-bond donors (Lipinski definition) is 2. The minimum atomic E-state index is -0.306. The standard InChI is InChI=1S/C10H16N2O/c1-4-9(13)12-8-5-6-11-7-10(8,2)3/h1,8,11H,5-7H2,2-3H3,(H,12,13). The third kappa shape index (κ3) is 2.46. The van der Waals surface area contributed by atoms with E-state index in [2.05, 4.69) is 30.4 Å². The molecule has 0 radical (unpaired) electrons. The van der Waals surface area contributed by atoms with Gasteiger partial charge in [-0.05, 0) is 24.3 Å². The molecule has 2 N–H and O–H groups in total. The van der Waals surface area contributed by atoms with Gasteiger partial charge in [0.1, 0.15) is 0 Å². The number of carbonyl (C=O) groups excluding carboxylic acids is 1. The van der Waals surface area contributed by atoms with Gasteiger partial charge in [-0.25, -0.2) is 0 Å². The minimum Gasteiger partial charge on any atom is -0.342 e. The van der Waals surface area contributed by atoms with Crippen LogP contribution in [0.5, 0.6) is 0 Å². The summed E-state index contributed by atoms with van der Waals surface area (Å²) in [4.78, 5) is 11.0.